The molecule has 0 saturated carbocycles. The largest absolute Gasteiger partial charge is 0.314 e. The Morgan fingerprint density at radius 3 is 2.24 bits per heavy atom. The minimum Gasteiger partial charge on any atom is -0.314 e. The van der Waals surface area contributed by atoms with Crippen LogP contribution in [0.2, 0.25) is 10.0 Å². The van der Waals surface area contributed by atoms with Crippen molar-refractivity contribution >= 4 is 56.7 Å². The number of rotatable bonds is 4. The highest BCUT2D eigenvalue weighted by molar-refractivity contribution is 6.30. The second kappa shape index (κ2) is 8.63. The van der Waals surface area contributed by atoms with E-state index in [4.69, 9.17) is 28.2 Å². The summed E-state index contributed by atoms with van der Waals surface area (Å²) in [5, 5.41) is 2.52. The Balaban J connectivity index is 1.72. The monoisotopic (exact) mass is 490 g/mol. The highest BCUT2D eigenvalue weighted by Crippen LogP contribution is 2.25. The molecule has 0 bridgehead atoms. The second-order valence-electron chi connectivity index (χ2n) is 8.03. The summed E-state index contributed by atoms with van der Waals surface area (Å²) in [7, 11) is 1.69. The van der Waals surface area contributed by atoms with Crippen molar-refractivity contribution in [3.05, 3.63) is 98.8 Å². The van der Waals surface area contributed by atoms with Crippen molar-refractivity contribution in [3.8, 4) is 5.69 Å². The zero-order valence-corrected chi connectivity index (χ0v) is 20.0. The lowest BCUT2D eigenvalue weighted by Gasteiger charge is -2.19. The molecule has 5 aromatic rings. The molecule has 3 aromatic carbocycles. The molecule has 6 nitrogen and oxygen atoms in total. The number of pyridine rings is 1. The standard InChI is InChI=1S/C26H20Cl2N4O2/c1-16-21-5-3-4-6-22(21)29-25-24(16)26(34)32(20-13-9-18(28)10-14-20)31(25)15-23(33)30(2)19-11-7-17(27)8-12-19/h3-14H,15H2,1-2H3. The average molecular weight is 491 g/mol. The summed E-state index contributed by atoms with van der Waals surface area (Å²) < 4.78 is 3.13. The van der Waals surface area contributed by atoms with Crippen molar-refractivity contribution in [3.63, 3.8) is 0 Å². The van der Waals surface area contributed by atoms with Gasteiger partial charge in [0.15, 0.2) is 5.65 Å². The third-order valence-electron chi connectivity index (χ3n) is 5.97. The number of nitrogens with zero attached hydrogens (tertiary/aromatic N) is 4. The third kappa shape index (κ3) is 3.75. The Hall–Kier alpha value is -3.61. The number of carbonyl (C=O) groups is 1. The summed E-state index contributed by atoms with van der Waals surface area (Å²) in [6, 6.07) is 21.6. The summed E-state index contributed by atoms with van der Waals surface area (Å²) >= 11 is 12.1. The van der Waals surface area contributed by atoms with Crippen molar-refractivity contribution < 1.29 is 4.79 Å². The van der Waals surface area contributed by atoms with Gasteiger partial charge >= 0.3 is 0 Å². The van der Waals surface area contributed by atoms with Gasteiger partial charge in [-0.3, -0.25) is 14.3 Å². The van der Waals surface area contributed by atoms with Crippen molar-refractivity contribution in [2.75, 3.05) is 11.9 Å². The van der Waals surface area contributed by atoms with E-state index in [1.54, 1.807) is 60.3 Å². The lowest BCUT2D eigenvalue weighted by molar-refractivity contribution is -0.119. The topological polar surface area (TPSA) is 60.1 Å². The molecule has 2 aromatic heterocycles. The van der Waals surface area contributed by atoms with E-state index in [0.29, 0.717) is 32.5 Å². The lowest BCUT2D eigenvalue weighted by atomic mass is 10.1. The fraction of sp³-hybridized carbons (Fsp3) is 0.115. The van der Waals surface area contributed by atoms with E-state index in [-0.39, 0.29) is 18.0 Å². The first-order chi connectivity index (χ1) is 16.3. The smallest absolute Gasteiger partial charge is 0.281 e. The predicted octanol–water partition coefficient (Wildman–Crippen LogP) is 5.62. The number of hydrogen-bond donors (Lipinski definition) is 0. The molecule has 2 heterocycles. The minimum atomic E-state index is -0.241. The molecule has 0 fully saturated rings. The SMILES string of the molecule is Cc1c2ccccc2nc2c1c(=O)n(-c1ccc(Cl)cc1)n2CC(=O)N(C)c1ccc(Cl)cc1. The molecule has 0 aliphatic rings. The van der Waals surface area contributed by atoms with Gasteiger partial charge in [-0.15, -0.1) is 0 Å². The number of anilines is 1. The number of halogens is 2. The molecular formula is C26H20Cl2N4O2. The number of para-hydroxylation sites is 1. The quantitative estimate of drug-likeness (QED) is 0.328. The van der Waals surface area contributed by atoms with Gasteiger partial charge in [-0.2, -0.15) is 0 Å². The van der Waals surface area contributed by atoms with Gasteiger partial charge in [0.05, 0.1) is 16.6 Å². The van der Waals surface area contributed by atoms with E-state index >= 15 is 0 Å². The second-order valence-corrected chi connectivity index (χ2v) is 8.91. The molecule has 0 aliphatic carbocycles. The lowest BCUT2D eigenvalue weighted by Crippen LogP contribution is -2.33. The zero-order valence-electron chi connectivity index (χ0n) is 18.5. The first-order valence-electron chi connectivity index (χ1n) is 10.6. The number of benzene rings is 3. The van der Waals surface area contributed by atoms with E-state index in [9.17, 15) is 9.59 Å². The van der Waals surface area contributed by atoms with Crippen molar-refractivity contribution in [1.82, 2.24) is 14.3 Å². The molecule has 170 valence electrons. The van der Waals surface area contributed by atoms with E-state index in [1.165, 1.54) is 9.58 Å². The number of likely N-dealkylation sites (N-methyl/N-ethyl adjacent to an activating group) is 1. The molecule has 34 heavy (non-hydrogen) atoms. The van der Waals surface area contributed by atoms with E-state index in [0.717, 1.165) is 16.5 Å². The van der Waals surface area contributed by atoms with Crippen molar-refractivity contribution in [1.29, 1.82) is 0 Å². The summed E-state index contributed by atoms with van der Waals surface area (Å²) in [4.78, 5) is 33.4. The van der Waals surface area contributed by atoms with E-state index < -0.39 is 0 Å². The third-order valence-corrected chi connectivity index (χ3v) is 6.47. The van der Waals surface area contributed by atoms with Crippen LogP contribution in [0.5, 0.6) is 0 Å². The Morgan fingerprint density at radius 1 is 0.941 bits per heavy atom. The van der Waals surface area contributed by atoms with Gasteiger partial charge < -0.3 is 4.90 Å². The van der Waals surface area contributed by atoms with Crippen LogP contribution < -0.4 is 10.5 Å². The Morgan fingerprint density at radius 2 is 1.56 bits per heavy atom. The summed E-state index contributed by atoms with van der Waals surface area (Å²) in [6.45, 7) is 1.82. The zero-order chi connectivity index (χ0) is 24.0. The number of carbonyl (C=O) groups excluding carboxylic acids is 1. The maximum Gasteiger partial charge on any atom is 0.281 e. The Bertz CT molecular complexity index is 1600. The van der Waals surface area contributed by atoms with Crippen LogP contribution in [0.4, 0.5) is 5.69 Å². The van der Waals surface area contributed by atoms with Crippen LogP contribution in [-0.2, 0) is 11.3 Å². The number of fused-ring (bicyclic) bond motifs is 2. The van der Waals surface area contributed by atoms with Crippen LogP contribution >= 0.6 is 23.2 Å². The number of amides is 1. The van der Waals surface area contributed by atoms with Crippen LogP contribution in [0.3, 0.4) is 0 Å². The van der Waals surface area contributed by atoms with Crippen LogP contribution in [0.1, 0.15) is 5.56 Å². The van der Waals surface area contributed by atoms with Crippen LogP contribution in [0.25, 0.3) is 27.6 Å². The molecule has 0 N–H and O–H groups in total. The average Bonchev–Trinajstić information content (AvgIpc) is 3.11. The van der Waals surface area contributed by atoms with E-state index in [2.05, 4.69) is 0 Å². The summed E-state index contributed by atoms with van der Waals surface area (Å²) in [5.74, 6) is -0.213. The van der Waals surface area contributed by atoms with Crippen LogP contribution in [0, 0.1) is 6.92 Å². The van der Waals surface area contributed by atoms with Gasteiger partial charge in [0.1, 0.15) is 6.54 Å². The molecule has 0 aliphatic heterocycles. The maximum absolute atomic E-state index is 13.7. The molecular weight excluding hydrogens is 471 g/mol. The van der Waals surface area contributed by atoms with Gasteiger partial charge in [0.25, 0.3) is 5.56 Å². The number of hydrogen-bond acceptors (Lipinski definition) is 3. The molecule has 1 amide bonds. The molecule has 0 spiro atoms. The number of aryl methyl sites for hydroxylation is 1. The van der Waals surface area contributed by atoms with Gasteiger partial charge in [-0.25, -0.2) is 9.67 Å². The highest BCUT2D eigenvalue weighted by Gasteiger charge is 2.23. The first kappa shape index (κ1) is 22.2. The molecule has 5 rings (SSSR count). The Kier molecular flexibility index (Phi) is 5.63. The molecule has 8 heteroatoms. The molecule has 0 radical (unpaired) electrons. The molecule has 0 atom stereocenters. The van der Waals surface area contributed by atoms with Gasteiger partial charge in [-0.1, -0.05) is 41.4 Å². The summed E-state index contributed by atoms with van der Waals surface area (Å²) in [6.07, 6.45) is 0. The van der Waals surface area contributed by atoms with Crippen LogP contribution in [0.15, 0.2) is 77.6 Å². The van der Waals surface area contributed by atoms with Gasteiger partial charge in [-0.05, 0) is 67.1 Å². The van der Waals surface area contributed by atoms with Crippen molar-refractivity contribution in [2.24, 2.45) is 0 Å². The molecule has 0 unspecified atom stereocenters. The normalized spacial score (nSPS) is 11.3. The molecule has 0 saturated heterocycles. The predicted molar refractivity (Wildman–Crippen MR) is 137 cm³/mol. The first-order valence-corrected chi connectivity index (χ1v) is 11.4. The fourth-order valence-corrected chi connectivity index (χ4v) is 4.39. The van der Waals surface area contributed by atoms with Crippen LogP contribution in [-0.4, -0.2) is 27.3 Å². The van der Waals surface area contributed by atoms with Gasteiger partial charge in [0.2, 0.25) is 5.91 Å². The van der Waals surface area contributed by atoms with Gasteiger partial charge in [0, 0.05) is 28.2 Å². The fourth-order valence-electron chi connectivity index (χ4n) is 4.14. The minimum absolute atomic E-state index is 0.0920. The highest BCUT2D eigenvalue weighted by atomic mass is 35.5. The van der Waals surface area contributed by atoms with E-state index in [1.807, 2.05) is 31.2 Å². The maximum atomic E-state index is 13.7. The van der Waals surface area contributed by atoms with Crippen molar-refractivity contribution in [2.45, 2.75) is 13.5 Å². The Labute approximate surface area is 205 Å². The summed E-state index contributed by atoms with van der Waals surface area (Å²) in [5.41, 5.74) is 3.08. The number of aromatic nitrogens is 3.